The first-order valence-electron chi connectivity index (χ1n) is 3.74. The zero-order valence-corrected chi connectivity index (χ0v) is 5.76. The molecule has 0 spiro atoms. The lowest BCUT2D eigenvalue weighted by molar-refractivity contribution is -0.123. The van der Waals surface area contributed by atoms with Gasteiger partial charge in [0, 0.05) is 5.92 Å². The van der Waals surface area contributed by atoms with E-state index in [9.17, 15) is 4.79 Å². The maximum Gasteiger partial charge on any atom is 0.156 e. The Labute approximate surface area is 59.8 Å². The molecule has 10 heavy (non-hydrogen) atoms. The molecule has 2 nitrogen and oxygen atoms in total. The van der Waals surface area contributed by atoms with Gasteiger partial charge in [0.25, 0.3) is 0 Å². The van der Waals surface area contributed by atoms with Crippen LogP contribution < -0.4 is 0 Å². The molecule has 0 aliphatic heterocycles. The Kier molecular flexibility index (Phi) is 0.947. The van der Waals surface area contributed by atoms with Gasteiger partial charge in [0.05, 0.1) is 6.07 Å². The Balaban J connectivity index is 2.41. The molecule has 2 rings (SSSR count). The van der Waals surface area contributed by atoms with E-state index in [4.69, 9.17) is 5.26 Å². The highest BCUT2D eigenvalue weighted by Crippen LogP contribution is 2.50. The van der Waals surface area contributed by atoms with E-state index in [0.717, 1.165) is 25.7 Å². The summed E-state index contributed by atoms with van der Waals surface area (Å²) in [5.74, 6) is 0.481. The molecular formula is C8H9NO. The van der Waals surface area contributed by atoms with Crippen LogP contribution in [0.2, 0.25) is 0 Å². The topological polar surface area (TPSA) is 40.9 Å². The minimum Gasteiger partial charge on any atom is -0.298 e. The van der Waals surface area contributed by atoms with E-state index in [1.807, 2.05) is 0 Å². The van der Waals surface area contributed by atoms with E-state index in [1.165, 1.54) is 0 Å². The number of hydrogen-bond donors (Lipinski definition) is 0. The zero-order chi connectivity index (χ0) is 7.19. The molecule has 2 bridgehead atoms. The largest absolute Gasteiger partial charge is 0.298 e. The summed E-state index contributed by atoms with van der Waals surface area (Å²) in [6, 6.07) is 2.17. The second-order valence-electron chi connectivity index (χ2n) is 3.33. The smallest absolute Gasteiger partial charge is 0.156 e. The predicted octanol–water partition coefficient (Wildman–Crippen LogP) is 1.27. The molecule has 0 aromatic heterocycles. The third kappa shape index (κ3) is 0.465. The van der Waals surface area contributed by atoms with Gasteiger partial charge < -0.3 is 0 Å². The summed E-state index contributed by atoms with van der Waals surface area (Å²) in [5.41, 5.74) is -0.523. The summed E-state index contributed by atoms with van der Waals surface area (Å²) in [5, 5.41) is 8.74. The van der Waals surface area contributed by atoms with E-state index in [-0.39, 0.29) is 11.7 Å². The van der Waals surface area contributed by atoms with Crippen LogP contribution in [-0.2, 0) is 4.79 Å². The number of rotatable bonds is 0. The average Bonchev–Trinajstić information content (AvgIpc) is 2.46. The van der Waals surface area contributed by atoms with Gasteiger partial charge in [0.15, 0.2) is 5.78 Å². The molecule has 0 saturated heterocycles. The number of carbonyl (C=O) groups is 1. The molecule has 0 atom stereocenters. The molecular weight excluding hydrogens is 126 g/mol. The van der Waals surface area contributed by atoms with Crippen LogP contribution in [0.1, 0.15) is 25.7 Å². The van der Waals surface area contributed by atoms with Crippen LogP contribution in [0.15, 0.2) is 0 Å². The molecule has 0 heterocycles. The number of fused-ring (bicyclic) bond motifs is 2. The normalized spacial score (nSPS) is 43.9. The van der Waals surface area contributed by atoms with Crippen LogP contribution in [0.3, 0.4) is 0 Å². The number of hydrogen-bond acceptors (Lipinski definition) is 2. The molecule has 2 fully saturated rings. The SMILES string of the molecule is N#CC12CCC(CC1)C2=O. The molecule has 2 saturated carbocycles. The molecule has 2 aliphatic carbocycles. The number of carbonyl (C=O) groups excluding carboxylic acids is 1. The summed E-state index contributed by atoms with van der Waals surface area (Å²) in [7, 11) is 0. The van der Waals surface area contributed by atoms with Gasteiger partial charge in [0.1, 0.15) is 5.41 Å². The molecule has 0 aromatic rings. The van der Waals surface area contributed by atoms with Gasteiger partial charge in [-0.05, 0) is 25.7 Å². The van der Waals surface area contributed by atoms with Crippen LogP contribution in [0, 0.1) is 22.7 Å². The molecule has 0 N–H and O–H groups in total. The van der Waals surface area contributed by atoms with Gasteiger partial charge >= 0.3 is 0 Å². The van der Waals surface area contributed by atoms with Gasteiger partial charge in [-0.1, -0.05) is 0 Å². The number of ketones is 1. The lowest BCUT2D eigenvalue weighted by atomic mass is 9.86. The van der Waals surface area contributed by atoms with Crippen molar-refractivity contribution in [3.05, 3.63) is 0 Å². The number of nitriles is 1. The third-order valence-corrected chi connectivity index (χ3v) is 2.90. The van der Waals surface area contributed by atoms with Gasteiger partial charge in [-0.15, -0.1) is 0 Å². The molecule has 0 radical (unpaired) electrons. The Morgan fingerprint density at radius 1 is 1.50 bits per heavy atom. The van der Waals surface area contributed by atoms with Crippen LogP contribution in [-0.4, -0.2) is 5.78 Å². The van der Waals surface area contributed by atoms with Crippen molar-refractivity contribution in [1.29, 1.82) is 5.26 Å². The van der Waals surface area contributed by atoms with Crippen molar-refractivity contribution < 1.29 is 4.79 Å². The molecule has 0 aromatic carbocycles. The first kappa shape index (κ1) is 5.91. The van der Waals surface area contributed by atoms with Crippen molar-refractivity contribution in [3.8, 4) is 6.07 Å². The standard InChI is InChI=1S/C8H9NO/c9-5-8-3-1-6(2-4-8)7(8)10/h6H,1-4H2. The molecule has 2 heteroatoms. The van der Waals surface area contributed by atoms with Crippen LogP contribution in [0.5, 0.6) is 0 Å². The quantitative estimate of drug-likeness (QED) is 0.502. The summed E-state index contributed by atoms with van der Waals surface area (Å²) in [6.45, 7) is 0. The molecule has 52 valence electrons. The monoisotopic (exact) mass is 135 g/mol. The van der Waals surface area contributed by atoms with Gasteiger partial charge in [-0.25, -0.2) is 0 Å². The summed E-state index contributed by atoms with van der Waals surface area (Å²) in [6.07, 6.45) is 3.58. The predicted molar refractivity (Wildman–Crippen MR) is 35.0 cm³/mol. The van der Waals surface area contributed by atoms with Crippen LogP contribution in [0.4, 0.5) is 0 Å². The minimum atomic E-state index is -0.523. The Morgan fingerprint density at radius 2 is 2.10 bits per heavy atom. The van der Waals surface area contributed by atoms with Crippen molar-refractivity contribution in [1.82, 2.24) is 0 Å². The Bertz CT molecular complexity index is 218. The zero-order valence-electron chi connectivity index (χ0n) is 5.76. The van der Waals surface area contributed by atoms with Crippen LogP contribution in [0.25, 0.3) is 0 Å². The van der Waals surface area contributed by atoms with E-state index in [1.54, 1.807) is 0 Å². The number of Topliss-reactive ketones (excluding diaryl/α,β-unsaturated/α-hetero) is 1. The highest BCUT2D eigenvalue weighted by Gasteiger charge is 2.53. The van der Waals surface area contributed by atoms with Crippen molar-refractivity contribution in [3.63, 3.8) is 0 Å². The van der Waals surface area contributed by atoms with E-state index < -0.39 is 5.41 Å². The Morgan fingerprint density at radius 3 is 2.30 bits per heavy atom. The number of nitrogens with zero attached hydrogens (tertiary/aromatic N) is 1. The minimum absolute atomic E-state index is 0.231. The summed E-state index contributed by atoms with van der Waals surface area (Å²) < 4.78 is 0. The fraction of sp³-hybridized carbons (Fsp3) is 0.750. The van der Waals surface area contributed by atoms with Gasteiger partial charge in [0.2, 0.25) is 0 Å². The lowest BCUT2D eigenvalue weighted by Crippen LogP contribution is -2.19. The van der Waals surface area contributed by atoms with Crippen molar-refractivity contribution in [2.45, 2.75) is 25.7 Å². The fourth-order valence-electron chi connectivity index (χ4n) is 2.18. The van der Waals surface area contributed by atoms with Crippen molar-refractivity contribution >= 4 is 5.78 Å². The molecule has 0 amide bonds. The first-order valence-corrected chi connectivity index (χ1v) is 3.74. The van der Waals surface area contributed by atoms with Gasteiger partial charge in [-0.2, -0.15) is 5.26 Å². The van der Waals surface area contributed by atoms with Crippen molar-refractivity contribution in [2.24, 2.45) is 11.3 Å². The maximum atomic E-state index is 11.3. The second kappa shape index (κ2) is 1.60. The molecule has 0 unspecified atom stereocenters. The fourth-order valence-corrected chi connectivity index (χ4v) is 2.18. The van der Waals surface area contributed by atoms with E-state index in [2.05, 4.69) is 6.07 Å². The third-order valence-electron chi connectivity index (χ3n) is 2.90. The highest BCUT2D eigenvalue weighted by atomic mass is 16.1. The second-order valence-corrected chi connectivity index (χ2v) is 3.33. The Hall–Kier alpha value is -0.840. The summed E-state index contributed by atoms with van der Waals surface area (Å²) >= 11 is 0. The lowest BCUT2D eigenvalue weighted by Gasteiger charge is -2.13. The van der Waals surface area contributed by atoms with Gasteiger partial charge in [-0.3, -0.25) is 4.79 Å². The molecule has 2 aliphatic rings. The highest BCUT2D eigenvalue weighted by molar-refractivity contribution is 5.93. The van der Waals surface area contributed by atoms with E-state index in [0.29, 0.717) is 0 Å². The maximum absolute atomic E-state index is 11.3. The van der Waals surface area contributed by atoms with Crippen LogP contribution >= 0.6 is 0 Å². The average molecular weight is 135 g/mol. The van der Waals surface area contributed by atoms with E-state index >= 15 is 0 Å². The first-order chi connectivity index (χ1) is 4.78. The van der Waals surface area contributed by atoms with Crippen molar-refractivity contribution in [2.75, 3.05) is 0 Å². The summed E-state index contributed by atoms with van der Waals surface area (Å²) in [4.78, 5) is 11.3.